The van der Waals surface area contributed by atoms with Crippen LogP contribution in [0.1, 0.15) is 5.56 Å². The number of ether oxygens (including phenoxy) is 2. The van der Waals surface area contributed by atoms with E-state index in [1.807, 2.05) is 18.2 Å². The molecule has 4 aromatic carbocycles. The van der Waals surface area contributed by atoms with E-state index in [1.54, 1.807) is 36.4 Å². The van der Waals surface area contributed by atoms with Gasteiger partial charge in [0.2, 0.25) is 0 Å². The van der Waals surface area contributed by atoms with E-state index in [9.17, 15) is 18.0 Å². The third-order valence-corrected chi connectivity index (χ3v) is 5.27. The molecule has 0 unspecified atom stereocenters. The normalized spacial score (nSPS) is 11.0. The molecule has 0 saturated heterocycles. The summed E-state index contributed by atoms with van der Waals surface area (Å²) in [6.07, 6.45) is -4.63. The molecule has 0 bridgehead atoms. The number of amides is 2. The van der Waals surface area contributed by atoms with Gasteiger partial charge in [0.25, 0.3) is 0 Å². The molecule has 4 aromatic rings. The van der Waals surface area contributed by atoms with E-state index in [-0.39, 0.29) is 22.2 Å². The van der Waals surface area contributed by atoms with Gasteiger partial charge in [-0.05, 0) is 60.7 Å². The highest BCUT2D eigenvalue weighted by molar-refractivity contribution is 6.35. The van der Waals surface area contributed by atoms with E-state index in [0.29, 0.717) is 22.2 Å². The molecule has 36 heavy (non-hydrogen) atoms. The number of benzene rings is 4. The zero-order valence-electron chi connectivity index (χ0n) is 18.3. The number of nitrogens with one attached hydrogen (secondary N) is 2. The average molecular weight is 533 g/mol. The van der Waals surface area contributed by atoms with Crippen LogP contribution in [0.4, 0.5) is 29.3 Å². The second-order valence-electron chi connectivity index (χ2n) is 7.41. The van der Waals surface area contributed by atoms with Crippen molar-refractivity contribution in [3.63, 3.8) is 0 Å². The Labute approximate surface area is 214 Å². The topological polar surface area (TPSA) is 59.6 Å². The van der Waals surface area contributed by atoms with Crippen LogP contribution >= 0.6 is 23.2 Å². The number of urea groups is 1. The summed E-state index contributed by atoms with van der Waals surface area (Å²) in [6, 6.07) is 21.9. The SMILES string of the molecule is O=C(Nc1cccc(Oc2ccccc2)c1)Nc1cc(C(F)(F)F)ccc1Oc1ccc(Cl)cc1Cl. The van der Waals surface area contributed by atoms with E-state index >= 15 is 0 Å². The van der Waals surface area contributed by atoms with E-state index < -0.39 is 17.8 Å². The molecule has 10 heteroatoms. The van der Waals surface area contributed by atoms with E-state index in [0.717, 1.165) is 18.2 Å². The Morgan fingerprint density at radius 1 is 0.722 bits per heavy atom. The highest BCUT2D eigenvalue weighted by atomic mass is 35.5. The van der Waals surface area contributed by atoms with Crippen LogP contribution in [0.3, 0.4) is 0 Å². The van der Waals surface area contributed by atoms with Gasteiger partial charge in [-0.3, -0.25) is 0 Å². The number of carbonyl (C=O) groups is 1. The number of hydrogen-bond donors (Lipinski definition) is 2. The molecule has 0 saturated carbocycles. The lowest BCUT2D eigenvalue weighted by molar-refractivity contribution is -0.137. The number of carbonyl (C=O) groups excluding carboxylic acids is 1. The second kappa shape index (κ2) is 10.8. The van der Waals surface area contributed by atoms with Crippen molar-refractivity contribution in [2.45, 2.75) is 6.18 Å². The van der Waals surface area contributed by atoms with Gasteiger partial charge in [-0.1, -0.05) is 47.5 Å². The predicted molar refractivity (Wildman–Crippen MR) is 134 cm³/mol. The molecule has 0 spiro atoms. The summed E-state index contributed by atoms with van der Waals surface area (Å²) >= 11 is 12.0. The monoisotopic (exact) mass is 532 g/mol. The van der Waals surface area contributed by atoms with Gasteiger partial charge < -0.3 is 20.1 Å². The second-order valence-corrected chi connectivity index (χ2v) is 8.25. The molecule has 0 aliphatic rings. The first kappa shape index (κ1) is 25.2. The number of hydrogen-bond acceptors (Lipinski definition) is 3. The summed E-state index contributed by atoms with van der Waals surface area (Å²) < 4.78 is 51.4. The first-order chi connectivity index (χ1) is 17.2. The Hall–Kier alpha value is -3.88. The molecule has 0 aromatic heterocycles. The first-order valence-corrected chi connectivity index (χ1v) is 11.2. The number of rotatable bonds is 6. The summed E-state index contributed by atoms with van der Waals surface area (Å²) in [6.45, 7) is 0. The van der Waals surface area contributed by atoms with Crippen molar-refractivity contribution < 1.29 is 27.4 Å². The summed E-state index contributed by atoms with van der Waals surface area (Å²) in [5, 5.41) is 5.48. The third-order valence-electron chi connectivity index (χ3n) is 4.74. The molecule has 0 aliphatic heterocycles. The van der Waals surface area contributed by atoms with Crippen LogP contribution < -0.4 is 20.1 Å². The maximum atomic E-state index is 13.3. The third kappa shape index (κ3) is 6.62. The maximum absolute atomic E-state index is 13.3. The highest BCUT2D eigenvalue weighted by Crippen LogP contribution is 2.39. The lowest BCUT2D eigenvalue weighted by Crippen LogP contribution is -2.20. The molecule has 0 radical (unpaired) electrons. The largest absolute Gasteiger partial charge is 0.457 e. The minimum atomic E-state index is -4.63. The molecule has 2 N–H and O–H groups in total. The van der Waals surface area contributed by atoms with Gasteiger partial charge in [0.05, 0.1) is 16.3 Å². The Morgan fingerprint density at radius 2 is 1.44 bits per heavy atom. The number of alkyl halides is 3. The molecule has 0 aliphatic carbocycles. The van der Waals surface area contributed by atoms with Gasteiger partial charge in [-0.15, -0.1) is 0 Å². The lowest BCUT2D eigenvalue weighted by atomic mass is 10.1. The Kier molecular flexibility index (Phi) is 7.57. The van der Waals surface area contributed by atoms with Gasteiger partial charge in [0, 0.05) is 16.8 Å². The van der Waals surface area contributed by atoms with Crippen molar-refractivity contribution in [3.05, 3.63) is 107 Å². The zero-order chi connectivity index (χ0) is 25.7. The minimum absolute atomic E-state index is 0.0523. The zero-order valence-corrected chi connectivity index (χ0v) is 19.8. The van der Waals surface area contributed by atoms with Crippen molar-refractivity contribution in [1.82, 2.24) is 0 Å². The fourth-order valence-corrected chi connectivity index (χ4v) is 3.56. The van der Waals surface area contributed by atoms with Crippen molar-refractivity contribution in [3.8, 4) is 23.0 Å². The van der Waals surface area contributed by atoms with Gasteiger partial charge in [-0.25, -0.2) is 4.79 Å². The van der Waals surface area contributed by atoms with E-state index in [1.165, 1.54) is 18.2 Å². The molecule has 4 rings (SSSR count). The Bertz CT molecular complexity index is 1380. The molecule has 0 atom stereocenters. The fourth-order valence-electron chi connectivity index (χ4n) is 3.12. The predicted octanol–water partition coefficient (Wildman–Crippen LogP) is 9.24. The van der Waals surface area contributed by atoms with Crippen molar-refractivity contribution in [2.75, 3.05) is 10.6 Å². The van der Waals surface area contributed by atoms with Gasteiger partial charge in [-0.2, -0.15) is 13.2 Å². The quantitative estimate of drug-likeness (QED) is 0.260. The van der Waals surface area contributed by atoms with Crippen LogP contribution in [0, 0.1) is 0 Å². The van der Waals surface area contributed by atoms with Crippen LogP contribution in [0.5, 0.6) is 23.0 Å². The molecule has 2 amide bonds. The average Bonchev–Trinajstić information content (AvgIpc) is 2.82. The maximum Gasteiger partial charge on any atom is 0.416 e. The molecular weight excluding hydrogens is 516 g/mol. The summed E-state index contributed by atoms with van der Waals surface area (Å²) in [4.78, 5) is 12.7. The minimum Gasteiger partial charge on any atom is -0.457 e. The van der Waals surface area contributed by atoms with Crippen LogP contribution in [-0.2, 0) is 6.18 Å². The van der Waals surface area contributed by atoms with Gasteiger partial charge >= 0.3 is 12.2 Å². The van der Waals surface area contributed by atoms with Crippen LogP contribution in [0.25, 0.3) is 0 Å². The summed E-state index contributed by atoms with van der Waals surface area (Å²) in [7, 11) is 0. The molecule has 0 fully saturated rings. The first-order valence-electron chi connectivity index (χ1n) is 10.4. The van der Waals surface area contributed by atoms with Crippen LogP contribution in [0.15, 0.2) is 91.0 Å². The summed E-state index contributed by atoms with van der Waals surface area (Å²) in [5.74, 6) is 1.16. The molecule has 0 heterocycles. The standard InChI is InChI=1S/C26H17Cl2F3N2O3/c27-17-10-12-23(21(28)14-17)36-24-11-9-16(26(29,30)31)13-22(24)33-25(34)32-18-5-4-8-20(15-18)35-19-6-2-1-3-7-19/h1-15H,(H2,32,33,34). The van der Waals surface area contributed by atoms with E-state index in [4.69, 9.17) is 32.7 Å². The Balaban J connectivity index is 1.54. The number of halogens is 5. The smallest absolute Gasteiger partial charge is 0.416 e. The molecule has 5 nitrogen and oxygen atoms in total. The molecular formula is C26H17Cl2F3N2O3. The van der Waals surface area contributed by atoms with Crippen LogP contribution in [-0.4, -0.2) is 6.03 Å². The lowest BCUT2D eigenvalue weighted by Gasteiger charge is -2.16. The van der Waals surface area contributed by atoms with Gasteiger partial charge in [0.1, 0.15) is 17.2 Å². The van der Waals surface area contributed by atoms with Crippen molar-refractivity contribution in [1.29, 1.82) is 0 Å². The molecule has 184 valence electrons. The summed E-state index contributed by atoms with van der Waals surface area (Å²) in [5.41, 5.74) is -0.827. The van der Waals surface area contributed by atoms with Crippen molar-refractivity contribution >= 4 is 40.6 Å². The fraction of sp³-hybridized carbons (Fsp3) is 0.0385. The Morgan fingerprint density at radius 3 is 2.17 bits per heavy atom. The number of para-hydroxylation sites is 1. The number of anilines is 2. The van der Waals surface area contributed by atoms with Gasteiger partial charge in [0.15, 0.2) is 5.75 Å². The van der Waals surface area contributed by atoms with Crippen LogP contribution in [0.2, 0.25) is 10.0 Å². The van der Waals surface area contributed by atoms with Crippen molar-refractivity contribution in [2.24, 2.45) is 0 Å². The highest BCUT2D eigenvalue weighted by Gasteiger charge is 2.31. The van der Waals surface area contributed by atoms with E-state index in [2.05, 4.69) is 10.6 Å².